The average Bonchev–Trinajstić information content (AvgIpc) is 3.18. The van der Waals surface area contributed by atoms with E-state index < -0.39 is 0 Å². The molecule has 0 aromatic heterocycles. The molecule has 24 heavy (non-hydrogen) atoms. The Labute approximate surface area is 170 Å². The first-order chi connectivity index (χ1) is 10.7. The van der Waals surface area contributed by atoms with Gasteiger partial charge in [-0.1, -0.05) is 25.3 Å². The van der Waals surface area contributed by atoms with Gasteiger partial charge < -0.3 is 24.8 Å². The zero-order valence-corrected chi connectivity index (χ0v) is 17.5. The number of fused-ring (bicyclic) bond motifs is 3. The summed E-state index contributed by atoms with van der Waals surface area (Å²) >= 11 is 2.08. The first-order valence-corrected chi connectivity index (χ1v) is 8.86. The maximum Gasteiger partial charge on any atom is -0.0456 e. The van der Waals surface area contributed by atoms with Crippen molar-refractivity contribution in [3.63, 3.8) is 0 Å². The number of allylic oxidation sites excluding steroid dienone is 4. The molecule has 0 atom stereocenters. The van der Waals surface area contributed by atoms with Gasteiger partial charge in [0.2, 0.25) is 0 Å². The Morgan fingerprint density at radius 1 is 1.08 bits per heavy atom. The maximum atomic E-state index is 2.99. The van der Waals surface area contributed by atoms with Crippen LogP contribution in [0.2, 0.25) is 0 Å². The van der Waals surface area contributed by atoms with Crippen molar-refractivity contribution in [1.82, 2.24) is 0 Å². The zero-order chi connectivity index (χ0) is 15.8. The normalized spacial score (nSPS) is 13.5. The summed E-state index contributed by atoms with van der Waals surface area (Å²) in [5.41, 5.74) is 3.23. The van der Waals surface area contributed by atoms with Crippen LogP contribution in [0.15, 0.2) is 48.6 Å². The van der Waals surface area contributed by atoms with Crippen molar-refractivity contribution in [2.75, 3.05) is 0 Å². The van der Waals surface area contributed by atoms with Gasteiger partial charge in [0, 0.05) is 0 Å². The number of hydrogen-bond acceptors (Lipinski definition) is 0. The minimum atomic E-state index is 0. The van der Waals surface area contributed by atoms with Crippen molar-refractivity contribution in [2.45, 2.75) is 46.0 Å². The second-order valence-corrected chi connectivity index (χ2v) is 7.51. The molecule has 4 rings (SSSR count). The number of aryl methyl sites for hydroxylation is 2. The molecule has 2 aliphatic carbocycles. The Morgan fingerprint density at radius 2 is 1.75 bits per heavy atom. The van der Waals surface area contributed by atoms with E-state index in [1.54, 1.807) is 11.1 Å². The molecule has 2 aromatic rings. The van der Waals surface area contributed by atoms with Gasteiger partial charge in [-0.25, -0.2) is 12.2 Å². The molecular formula is C21H24Cl2Ti-2. The summed E-state index contributed by atoms with van der Waals surface area (Å²) in [5, 5.41) is 2.94. The minimum absolute atomic E-state index is 0. The summed E-state index contributed by atoms with van der Waals surface area (Å²) in [6, 6.07) is 11.2. The third kappa shape index (κ3) is 7.57. The van der Waals surface area contributed by atoms with Gasteiger partial charge in [-0.2, -0.15) is 11.6 Å². The monoisotopic (exact) mass is 394 g/mol. The summed E-state index contributed by atoms with van der Waals surface area (Å²) in [5.74, 6) is 0. The minimum Gasteiger partial charge on any atom is -1.00 e. The van der Waals surface area contributed by atoms with Gasteiger partial charge >= 0.3 is 37.6 Å². The number of benzene rings is 1. The number of halogens is 2. The predicted molar refractivity (Wildman–Crippen MR) is 94.1 cm³/mol. The second-order valence-electron chi connectivity index (χ2n) is 5.95. The molecule has 128 valence electrons. The largest absolute Gasteiger partial charge is 1.00 e. The van der Waals surface area contributed by atoms with Gasteiger partial charge in [-0.3, -0.25) is 6.08 Å². The molecule has 0 bridgehead atoms. The van der Waals surface area contributed by atoms with Crippen molar-refractivity contribution in [3.05, 3.63) is 65.8 Å². The molecule has 0 aliphatic heterocycles. The van der Waals surface area contributed by atoms with Crippen LogP contribution in [0.4, 0.5) is 0 Å². The number of rotatable bonds is 0. The topological polar surface area (TPSA) is 0 Å². The van der Waals surface area contributed by atoms with Crippen molar-refractivity contribution >= 4 is 14.6 Å². The molecule has 0 spiro atoms. The van der Waals surface area contributed by atoms with E-state index in [1.165, 1.54) is 40.3 Å². The molecule has 0 nitrogen and oxygen atoms in total. The van der Waals surface area contributed by atoms with Crippen molar-refractivity contribution in [1.29, 1.82) is 0 Å². The van der Waals surface area contributed by atoms with Gasteiger partial charge in [0.15, 0.2) is 0 Å². The van der Waals surface area contributed by atoms with Crippen LogP contribution in [0, 0.1) is 6.08 Å². The van der Waals surface area contributed by atoms with Gasteiger partial charge in [0.25, 0.3) is 0 Å². The Balaban J connectivity index is 0.000000409. The Kier molecular flexibility index (Phi) is 12.5. The molecule has 0 saturated carbocycles. The Bertz CT molecular complexity index is 666. The van der Waals surface area contributed by atoms with Crippen molar-refractivity contribution < 1.29 is 44.8 Å². The van der Waals surface area contributed by atoms with Gasteiger partial charge in [-0.15, -0.1) is 47.0 Å². The van der Waals surface area contributed by atoms with Crippen LogP contribution < -0.4 is 24.8 Å². The van der Waals surface area contributed by atoms with E-state index in [0.29, 0.717) is 0 Å². The molecule has 0 fully saturated rings. The van der Waals surface area contributed by atoms with E-state index in [4.69, 9.17) is 0 Å². The van der Waals surface area contributed by atoms with E-state index in [2.05, 4.69) is 76.3 Å². The average molecular weight is 395 g/mol. The van der Waals surface area contributed by atoms with Crippen LogP contribution in [0.25, 0.3) is 10.8 Å². The molecule has 0 heterocycles. The van der Waals surface area contributed by atoms with E-state index in [1.807, 2.05) is 12.2 Å². The first-order valence-electron chi connectivity index (χ1n) is 8.08. The van der Waals surface area contributed by atoms with Crippen LogP contribution in [0.5, 0.6) is 0 Å². The van der Waals surface area contributed by atoms with Gasteiger partial charge in [0.1, 0.15) is 0 Å². The second kappa shape index (κ2) is 12.8. The Hall–Kier alpha value is -0.526. The molecule has 3 heteroatoms. The summed E-state index contributed by atoms with van der Waals surface area (Å²) in [6.45, 7) is 4.17. The summed E-state index contributed by atoms with van der Waals surface area (Å²) in [7, 11) is 0. The van der Waals surface area contributed by atoms with Crippen LogP contribution in [0.3, 0.4) is 0 Å². The standard InChI is InChI=1S/C13H13.C5H5.C3H6.2ClH.Ti/c1-3-7-12-10(5-1)9-11-6-2-4-8-13(11)12;1-2-4-5-3-1;1-3-2;;;/h1,3,5,7,9H,2,4,6,8H2;1-3H,4H2;1-2H3;2*1H;/q2*-1;;;;+2/p-2. The van der Waals surface area contributed by atoms with E-state index >= 15 is 0 Å². The summed E-state index contributed by atoms with van der Waals surface area (Å²) in [4.78, 5) is 0. The maximum absolute atomic E-state index is 2.99. The number of hydrogen-bond donors (Lipinski definition) is 0. The van der Waals surface area contributed by atoms with Gasteiger partial charge in [-0.05, 0) is 6.42 Å². The van der Waals surface area contributed by atoms with Crippen LogP contribution >= 0.6 is 0 Å². The summed E-state index contributed by atoms with van der Waals surface area (Å²) < 4.78 is 1.42. The fraction of sp³-hybridized carbons (Fsp3) is 0.333. The molecule has 2 aromatic carbocycles. The molecular weight excluding hydrogens is 371 g/mol. The van der Waals surface area contributed by atoms with Crippen LogP contribution in [-0.4, -0.2) is 3.81 Å². The van der Waals surface area contributed by atoms with Gasteiger partial charge in [0.05, 0.1) is 0 Å². The molecule has 0 N–H and O–H groups in total. The van der Waals surface area contributed by atoms with Crippen molar-refractivity contribution in [2.24, 2.45) is 0 Å². The zero-order valence-electron chi connectivity index (χ0n) is 14.4. The third-order valence-electron chi connectivity index (χ3n) is 3.71. The molecule has 0 radical (unpaired) electrons. The van der Waals surface area contributed by atoms with E-state index in [9.17, 15) is 0 Å². The van der Waals surface area contributed by atoms with Crippen LogP contribution in [-0.2, 0) is 32.8 Å². The first kappa shape index (κ1) is 23.5. The quantitative estimate of drug-likeness (QED) is 0.417. The van der Waals surface area contributed by atoms with Crippen LogP contribution in [0.1, 0.15) is 44.2 Å². The molecule has 0 unspecified atom stereocenters. The SMILES string of the molecule is C[C](C)=[Ti+2].[C-]1=CC=CC1.[Cl-].[Cl-].c1ccc2c3c([cH-]c2c1)CCCC3. The Morgan fingerprint density at radius 3 is 2.33 bits per heavy atom. The fourth-order valence-corrected chi connectivity index (χ4v) is 2.82. The summed E-state index contributed by atoms with van der Waals surface area (Å²) in [6.07, 6.45) is 15.3. The molecule has 0 amide bonds. The molecule has 2 aliphatic rings. The molecule has 0 saturated heterocycles. The fourth-order valence-electron chi connectivity index (χ4n) is 2.82. The van der Waals surface area contributed by atoms with E-state index in [-0.39, 0.29) is 24.8 Å². The predicted octanol–water partition coefficient (Wildman–Crippen LogP) is -0.503. The third-order valence-corrected chi connectivity index (χ3v) is 3.71. The van der Waals surface area contributed by atoms with E-state index in [0.717, 1.165) is 6.42 Å². The smallest absolute Gasteiger partial charge is 0.0456 e. The van der Waals surface area contributed by atoms with Crippen molar-refractivity contribution in [3.8, 4) is 0 Å².